The molecule has 1 aromatic carbocycles. The Morgan fingerprint density at radius 1 is 1.29 bits per heavy atom. The molecule has 0 spiro atoms. The summed E-state index contributed by atoms with van der Waals surface area (Å²) in [6.07, 6.45) is 2.83. The molecule has 21 heavy (non-hydrogen) atoms. The van der Waals surface area contributed by atoms with Gasteiger partial charge in [0.1, 0.15) is 0 Å². The van der Waals surface area contributed by atoms with E-state index < -0.39 is 0 Å². The maximum absolute atomic E-state index is 12.1. The number of hydrogen-bond donors (Lipinski definition) is 0. The minimum absolute atomic E-state index is 0.0340. The van der Waals surface area contributed by atoms with Crippen LogP contribution in [0.1, 0.15) is 30.1 Å². The molecule has 106 valence electrons. The van der Waals surface area contributed by atoms with Gasteiger partial charge in [-0.15, -0.1) is 0 Å². The Bertz CT molecular complexity index is 811. The van der Waals surface area contributed by atoms with Crippen LogP contribution in [0.5, 0.6) is 0 Å². The number of fused-ring (bicyclic) bond motifs is 1. The molecule has 4 nitrogen and oxygen atoms in total. The Morgan fingerprint density at radius 3 is 2.86 bits per heavy atom. The first-order valence-electron chi connectivity index (χ1n) is 6.74. The summed E-state index contributed by atoms with van der Waals surface area (Å²) in [5.74, 6) is 0.409. The van der Waals surface area contributed by atoms with Crippen LogP contribution in [0.4, 0.5) is 0 Å². The number of hydrogen-bond acceptors (Lipinski definition) is 4. The van der Waals surface area contributed by atoms with Crippen molar-refractivity contribution in [1.82, 2.24) is 9.97 Å². The highest BCUT2D eigenvalue weighted by Crippen LogP contribution is 2.30. The molecule has 5 heteroatoms. The molecule has 0 aliphatic carbocycles. The predicted octanol–water partition coefficient (Wildman–Crippen LogP) is 4.53. The van der Waals surface area contributed by atoms with Crippen LogP contribution in [-0.4, -0.2) is 15.8 Å². The van der Waals surface area contributed by atoms with Crippen molar-refractivity contribution in [3.05, 3.63) is 47.1 Å². The van der Waals surface area contributed by atoms with E-state index in [1.165, 1.54) is 0 Å². The highest BCUT2D eigenvalue weighted by Gasteiger charge is 2.17. The summed E-state index contributed by atoms with van der Waals surface area (Å²) < 4.78 is 5.75. The molecule has 0 radical (unpaired) electrons. The Balaban J connectivity index is 2.15. The average Bonchev–Trinajstić information content (AvgIpc) is 2.91. The number of oxazole rings is 1. The van der Waals surface area contributed by atoms with E-state index in [9.17, 15) is 4.79 Å². The number of aromatic nitrogens is 2. The first-order valence-corrected chi connectivity index (χ1v) is 7.12. The smallest absolute Gasteiger partial charge is 0.230 e. The molecule has 0 amide bonds. The molecule has 0 bridgehead atoms. The third-order valence-corrected chi connectivity index (χ3v) is 3.50. The number of Topliss-reactive ketones (excluding diaryl/α,β-unsaturated/α-hetero) is 1. The van der Waals surface area contributed by atoms with Crippen molar-refractivity contribution in [3.63, 3.8) is 0 Å². The quantitative estimate of drug-likeness (QED) is 0.664. The van der Waals surface area contributed by atoms with E-state index in [4.69, 9.17) is 16.0 Å². The number of rotatable bonds is 4. The molecule has 3 rings (SSSR count). The van der Waals surface area contributed by atoms with Crippen molar-refractivity contribution in [2.75, 3.05) is 0 Å². The monoisotopic (exact) mass is 300 g/mol. The number of ketones is 1. The van der Waals surface area contributed by atoms with E-state index >= 15 is 0 Å². The standard InChI is InChI=1S/C16H13ClN2O2/c1-2-5-13(20)11-8-9-18-15-14(11)21-16(19-15)10-6-3-4-7-12(10)17/h3-4,6-9H,2,5H2,1H3. The second kappa shape index (κ2) is 5.66. The predicted molar refractivity (Wildman–Crippen MR) is 81.5 cm³/mol. The van der Waals surface area contributed by atoms with Crippen LogP contribution < -0.4 is 0 Å². The lowest BCUT2D eigenvalue weighted by Crippen LogP contribution is -1.98. The number of carbonyl (C=O) groups is 1. The summed E-state index contributed by atoms with van der Waals surface area (Å²) in [6.45, 7) is 1.96. The zero-order valence-electron chi connectivity index (χ0n) is 11.5. The van der Waals surface area contributed by atoms with E-state index in [-0.39, 0.29) is 5.78 Å². The van der Waals surface area contributed by atoms with Crippen LogP contribution in [0.15, 0.2) is 40.9 Å². The summed E-state index contributed by atoms with van der Waals surface area (Å²) in [7, 11) is 0. The van der Waals surface area contributed by atoms with Crippen LogP contribution in [-0.2, 0) is 0 Å². The second-order valence-corrected chi connectivity index (χ2v) is 5.09. The number of benzene rings is 1. The van der Waals surface area contributed by atoms with Crippen molar-refractivity contribution >= 4 is 28.6 Å². The molecule has 0 saturated carbocycles. The minimum Gasteiger partial charge on any atom is -0.433 e. The van der Waals surface area contributed by atoms with Gasteiger partial charge in [0.05, 0.1) is 16.1 Å². The largest absolute Gasteiger partial charge is 0.433 e. The summed E-state index contributed by atoms with van der Waals surface area (Å²) in [6, 6.07) is 8.94. The van der Waals surface area contributed by atoms with Crippen molar-refractivity contribution in [2.24, 2.45) is 0 Å². The van der Waals surface area contributed by atoms with E-state index in [2.05, 4.69) is 9.97 Å². The van der Waals surface area contributed by atoms with Gasteiger partial charge in [-0.05, 0) is 24.6 Å². The molecular formula is C16H13ClN2O2. The molecule has 0 unspecified atom stereocenters. The maximum Gasteiger partial charge on any atom is 0.230 e. The van der Waals surface area contributed by atoms with Gasteiger partial charge in [-0.25, -0.2) is 4.98 Å². The minimum atomic E-state index is 0.0340. The molecule has 0 N–H and O–H groups in total. The van der Waals surface area contributed by atoms with E-state index in [0.717, 1.165) is 6.42 Å². The Labute approximate surface area is 126 Å². The first-order chi connectivity index (χ1) is 10.2. The van der Waals surface area contributed by atoms with Gasteiger partial charge >= 0.3 is 0 Å². The number of halogens is 1. The fraction of sp³-hybridized carbons (Fsp3) is 0.188. The van der Waals surface area contributed by atoms with Gasteiger partial charge in [0.2, 0.25) is 5.89 Å². The van der Waals surface area contributed by atoms with Gasteiger partial charge in [-0.2, -0.15) is 4.98 Å². The molecular weight excluding hydrogens is 288 g/mol. The normalized spacial score (nSPS) is 11.0. The lowest BCUT2D eigenvalue weighted by molar-refractivity contribution is 0.0982. The van der Waals surface area contributed by atoms with Crippen molar-refractivity contribution in [3.8, 4) is 11.5 Å². The van der Waals surface area contributed by atoms with Crippen LogP contribution >= 0.6 is 11.6 Å². The maximum atomic E-state index is 12.1. The number of nitrogens with zero attached hydrogens (tertiary/aromatic N) is 2. The van der Waals surface area contributed by atoms with E-state index in [1.54, 1.807) is 18.3 Å². The fourth-order valence-electron chi connectivity index (χ4n) is 2.16. The zero-order chi connectivity index (χ0) is 14.8. The SMILES string of the molecule is CCCC(=O)c1ccnc2nc(-c3ccccc3Cl)oc12. The van der Waals surface area contributed by atoms with Crippen molar-refractivity contribution in [2.45, 2.75) is 19.8 Å². The average molecular weight is 301 g/mol. The topological polar surface area (TPSA) is 56.0 Å². The molecule has 2 heterocycles. The number of carbonyl (C=O) groups excluding carboxylic acids is 1. The molecule has 3 aromatic rings. The van der Waals surface area contributed by atoms with Gasteiger partial charge in [-0.1, -0.05) is 30.7 Å². The van der Waals surface area contributed by atoms with E-state index in [1.807, 2.05) is 25.1 Å². The zero-order valence-corrected chi connectivity index (χ0v) is 12.2. The summed E-state index contributed by atoms with van der Waals surface area (Å²) in [4.78, 5) is 20.6. The third kappa shape index (κ3) is 2.54. The van der Waals surface area contributed by atoms with Crippen molar-refractivity contribution in [1.29, 1.82) is 0 Å². The van der Waals surface area contributed by atoms with Gasteiger partial charge in [-0.3, -0.25) is 4.79 Å². The summed E-state index contributed by atoms with van der Waals surface area (Å²) >= 11 is 6.15. The lowest BCUT2D eigenvalue weighted by atomic mass is 10.1. The summed E-state index contributed by atoms with van der Waals surface area (Å²) in [5, 5.41) is 0.547. The molecule has 0 aliphatic heterocycles. The van der Waals surface area contributed by atoms with E-state index in [0.29, 0.717) is 39.7 Å². The van der Waals surface area contributed by atoms with Gasteiger partial charge < -0.3 is 4.42 Å². The molecule has 0 saturated heterocycles. The van der Waals surface area contributed by atoms with Crippen LogP contribution in [0.2, 0.25) is 5.02 Å². The molecule has 0 atom stereocenters. The Hall–Kier alpha value is -2.20. The van der Waals surface area contributed by atoms with Crippen LogP contribution in [0.25, 0.3) is 22.7 Å². The lowest BCUT2D eigenvalue weighted by Gasteiger charge is -1.99. The second-order valence-electron chi connectivity index (χ2n) is 4.68. The molecule has 0 aliphatic rings. The third-order valence-electron chi connectivity index (χ3n) is 3.17. The molecule has 0 fully saturated rings. The van der Waals surface area contributed by atoms with Gasteiger partial charge in [0.15, 0.2) is 17.0 Å². The molecule has 2 aromatic heterocycles. The fourth-order valence-corrected chi connectivity index (χ4v) is 2.38. The highest BCUT2D eigenvalue weighted by molar-refractivity contribution is 6.33. The Kier molecular flexibility index (Phi) is 3.71. The van der Waals surface area contributed by atoms with Crippen LogP contribution in [0.3, 0.4) is 0 Å². The van der Waals surface area contributed by atoms with Crippen LogP contribution in [0, 0.1) is 0 Å². The number of pyridine rings is 1. The Morgan fingerprint density at radius 2 is 2.10 bits per heavy atom. The highest BCUT2D eigenvalue weighted by atomic mass is 35.5. The van der Waals surface area contributed by atoms with Gasteiger partial charge in [0, 0.05) is 12.6 Å². The summed E-state index contributed by atoms with van der Waals surface area (Å²) in [5.41, 5.74) is 2.05. The first kappa shape index (κ1) is 13.8. The van der Waals surface area contributed by atoms with Gasteiger partial charge in [0.25, 0.3) is 0 Å². The van der Waals surface area contributed by atoms with Crippen molar-refractivity contribution < 1.29 is 9.21 Å².